The lowest BCUT2D eigenvalue weighted by atomic mass is 10.0. The largest absolute Gasteiger partial charge is 0.375 e. The Morgan fingerprint density at radius 3 is 2.60 bits per heavy atom. The predicted molar refractivity (Wildman–Crippen MR) is 90.2 cm³/mol. The summed E-state index contributed by atoms with van der Waals surface area (Å²) in [5.41, 5.74) is 4.54. The minimum absolute atomic E-state index is 0.00354. The van der Waals surface area contributed by atoms with Gasteiger partial charge >= 0.3 is 0 Å². The molecule has 1 aromatic carbocycles. The van der Waals surface area contributed by atoms with E-state index in [-0.39, 0.29) is 11.9 Å². The normalized spacial score (nSPS) is 18.6. The Hall–Kier alpha value is -0.880. The Morgan fingerprint density at radius 1 is 1.35 bits per heavy atom. The smallest absolute Gasteiger partial charge is 0.224 e. The number of hydrogen-bond donors (Lipinski definition) is 0. The molecular formula is C16H20INO2. The van der Waals surface area contributed by atoms with E-state index in [1.54, 1.807) is 6.92 Å². The molecule has 1 heterocycles. The summed E-state index contributed by atoms with van der Waals surface area (Å²) in [5.74, 6) is 0.0538. The molecule has 0 bridgehead atoms. The van der Waals surface area contributed by atoms with E-state index in [9.17, 15) is 4.79 Å². The van der Waals surface area contributed by atoms with Crippen molar-refractivity contribution in [2.75, 3.05) is 18.1 Å². The van der Waals surface area contributed by atoms with Crippen LogP contribution < -0.4 is 4.90 Å². The molecule has 0 spiro atoms. The van der Waals surface area contributed by atoms with Gasteiger partial charge < -0.3 is 9.64 Å². The maximum atomic E-state index is 12.2. The lowest BCUT2D eigenvalue weighted by molar-refractivity contribution is -0.117. The van der Waals surface area contributed by atoms with E-state index in [2.05, 4.69) is 61.6 Å². The zero-order valence-electron chi connectivity index (χ0n) is 12.4. The molecule has 0 fully saturated rings. The maximum absolute atomic E-state index is 12.2. The van der Waals surface area contributed by atoms with Crippen molar-refractivity contribution in [2.45, 2.75) is 33.7 Å². The summed E-state index contributed by atoms with van der Waals surface area (Å²) in [6.45, 7) is 9.02. The summed E-state index contributed by atoms with van der Waals surface area (Å²) in [6.07, 6.45) is 2.06. The Bertz CT molecular complexity index is 543. The van der Waals surface area contributed by atoms with Crippen molar-refractivity contribution in [1.29, 1.82) is 0 Å². The number of carbonyl (C=O) groups excluding carboxylic acids is 1. The van der Waals surface area contributed by atoms with Gasteiger partial charge in [-0.15, -0.1) is 0 Å². The molecule has 1 atom stereocenters. The van der Waals surface area contributed by atoms with E-state index in [1.165, 1.54) is 11.1 Å². The van der Waals surface area contributed by atoms with Crippen molar-refractivity contribution in [2.24, 2.45) is 0 Å². The minimum atomic E-state index is -0.00354. The second-order valence-corrected chi connectivity index (χ2v) is 6.46. The molecule has 1 amide bonds. The quantitative estimate of drug-likeness (QED) is 0.575. The monoisotopic (exact) mass is 385 g/mol. The fourth-order valence-electron chi connectivity index (χ4n) is 2.66. The van der Waals surface area contributed by atoms with Crippen molar-refractivity contribution in [1.82, 2.24) is 0 Å². The summed E-state index contributed by atoms with van der Waals surface area (Å²) in [7, 11) is 0. The molecule has 3 nitrogen and oxygen atoms in total. The first-order chi connectivity index (χ1) is 9.41. The van der Waals surface area contributed by atoms with E-state index in [1.807, 2.05) is 4.90 Å². The third-order valence-electron chi connectivity index (χ3n) is 3.61. The number of ether oxygens (including phenoxy) is 1. The van der Waals surface area contributed by atoms with Gasteiger partial charge in [-0.2, -0.15) is 0 Å². The highest BCUT2D eigenvalue weighted by atomic mass is 127. The molecule has 20 heavy (non-hydrogen) atoms. The minimum Gasteiger partial charge on any atom is -0.375 e. The van der Waals surface area contributed by atoms with E-state index in [0.717, 1.165) is 14.8 Å². The van der Waals surface area contributed by atoms with Gasteiger partial charge in [-0.3, -0.25) is 4.79 Å². The van der Waals surface area contributed by atoms with Crippen LogP contribution in [-0.2, 0) is 9.53 Å². The van der Waals surface area contributed by atoms with Crippen molar-refractivity contribution in [3.05, 3.63) is 38.5 Å². The molecule has 0 saturated carbocycles. The Morgan fingerprint density at radius 2 is 2.05 bits per heavy atom. The summed E-state index contributed by atoms with van der Waals surface area (Å²) < 4.78 is 6.64. The number of hydrogen-bond acceptors (Lipinski definition) is 2. The fraction of sp³-hybridized carbons (Fsp3) is 0.438. The number of rotatable bonds is 2. The van der Waals surface area contributed by atoms with Crippen LogP contribution in [0.2, 0.25) is 0 Å². The SMILES string of the molecule is CC(=O)N(c1c(C)cc(C)cc1I)C1COCC=C1C. The second kappa shape index (κ2) is 6.26. The van der Waals surface area contributed by atoms with Gasteiger partial charge in [0.1, 0.15) is 0 Å². The highest BCUT2D eigenvalue weighted by molar-refractivity contribution is 14.1. The van der Waals surface area contributed by atoms with Crippen molar-refractivity contribution in [3.63, 3.8) is 0 Å². The van der Waals surface area contributed by atoms with E-state index in [4.69, 9.17) is 4.74 Å². The van der Waals surface area contributed by atoms with Crippen LogP contribution in [0.4, 0.5) is 5.69 Å². The van der Waals surface area contributed by atoms with Crippen LogP contribution in [0, 0.1) is 17.4 Å². The molecule has 1 aromatic rings. The van der Waals surface area contributed by atoms with Gasteiger partial charge in [0.15, 0.2) is 0 Å². The summed E-state index contributed by atoms with van der Waals surface area (Å²) in [6, 6.07) is 4.23. The summed E-state index contributed by atoms with van der Waals surface area (Å²) >= 11 is 2.31. The van der Waals surface area contributed by atoms with Gasteiger partial charge in [0.2, 0.25) is 5.91 Å². The first-order valence-electron chi connectivity index (χ1n) is 6.72. The van der Waals surface area contributed by atoms with E-state index < -0.39 is 0 Å². The fourth-order valence-corrected chi connectivity index (χ4v) is 3.84. The standard InChI is InChI=1S/C16H20INO2/c1-10-7-12(3)16(14(17)8-10)18(13(4)19)15-9-20-6-5-11(15)2/h5,7-8,15H,6,9H2,1-4H3. The van der Waals surface area contributed by atoms with Crippen molar-refractivity contribution in [3.8, 4) is 0 Å². The number of benzene rings is 1. The Labute approximate surface area is 134 Å². The molecule has 4 heteroatoms. The molecule has 0 saturated heterocycles. The number of nitrogens with zero attached hydrogens (tertiary/aromatic N) is 1. The van der Waals surface area contributed by atoms with Crippen molar-refractivity contribution >= 4 is 34.2 Å². The van der Waals surface area contributed by atoms with Crippen LogP contribution in [0.15, 0.2) is 23.8 Å². The summed E-state index contributed by atoms with van der Waals surface area (Å²) in [4.78, 5) is 14.1. The van der Waals surface area contributed by atoms with Gasteiger partial charge in [-0.05, 0) is 66.1 Å². The lowest BCUT2D eigenvalue weighted by Gasteiger charge is -2.35. The van der Waals surface area contributed by atoms with E-state index >= 15 is 0 Å². The molecule has 1 aliphatic heterocycles. The predicted octanol–water partition coefficient (Wildman–Crippen LogP) is 3.61. The highest BCUT2D eigenvalue weighted by Gasteiger charge is 2.28. The van der Waals surface area contributed by atoms with Crippen LogP contribution in [0.1, 0.15) is 25.0 Å². The lowest BCUT2D eigenvalue weighted by Crippen LogP contribution is -2.45. The molecule has 0 aliphatic carbocycles. The van der Waals surface area contributed by atoms with Gasteiger partial charge in [-0.25, -0.2) is 0 Å². The molecule has 1 unspecified atom stereocenters. The van der Waals surface area contributed by atoms with Crippen LogP contribution >= 0.6 is 22.6 Å². The maximum Gasteiger partial charge on any atom is 0.224 e. The number of carbonyl (C=O) groups is 1. The molecule has 1 aliphatic rings. The zero-order chi connectivity index (χ0) is 14.9. The average molecular weight is 385 g/mol. The van der Waals surface area contributed by atoms with Gasteiger partial charge in [-0.1, -0.05) is 12.1 Å². The first-order valence-corrected chi connectivity index (χ1v) is 7.80. The average Bonchev–Trinajstić information content (AvgIpc) is 2.34. The van der Waals surface area contributed by atoms with Crippen LogP contribution in [-0.4, -0.2) is 25.2 Å². The molecule has 2 rings (SSSR count). The molecular weight excluding hydrogens is 365 g/mol. The third-order valence-corrected chi connectivity index (χ3v) is 4.44. The number of halogens is 1. The molecule has 0 N–H and O–H groups in total. The number of amides is 1. The van der Waals surface area contributed by atoms with Gasteiger partial charge in [0, 0.05) is 10.5 Å². The first kappa shape index (κ1) is 15.5. The van der Waals surface area contributed by atoms with Crippen LogP contribution in [0.3, 0.4) is 0 Å². The van der Waals surface area contributed by atoms with Gasteiger partial charge in [0.05, 0.1) is 24.9 Å². The molecule has 108 valence electrons. The zero-order valence-corrected chi connectivity index (χ0v) is 14.5. The van der Waals surface area contributed by atoms with Crippen molar-refractivity contribution < 1.29 is 9.53 Å². The Kier molecular flexibility index (Phi) is 4.86. The van der Waals surface area contributed by atoms with Crippen LogP contribution in [0.25, 0.3) is 0 Å². The van der Waals surface area contributed by atoms with Gasteiger partial charge in [0.25, 0.3) is 0 Å². The molecule has 0 radical (unpaired) electrons. The number of aryl methyl sites for hydroxylation is 2. The summed E-state index contributed by atoms with van der Waals surface area (Å²) in [5, 5.41) is 0. The topological polar surface area (TPSA) is 29.5 Å². The number of anilines is 1. The van der Waals surface area contributed by atoms with E-state index in [0.29, 0.717) is 13.2 Å². The Balaban J connectivity index is 2.52. The second-order valence-electron chi connectivity index (χ2n) is 5.30. The van der Waals surface area contributed by atoms with Crippen LogP contribution in [0.5, 0.6) is 0 Å². The highest BCUT2D eigenvalue weighted by Crippen LogP contribution is 2.32. The third kappa shape index (κ3) is 3.06. The molecule has 0 aromatic heterocycles.